The number of nitrogens with zero attached hydrogens (tertiary/aromatic N) is 2. The van der Waals surface area contributed by atoms with Gasteiger partial charge in [0, 0.05) is 6.20 Å². The Hall–Kier alpha value is -2.44. The van der Waals surface area contributed by atoms with Crippen LogP contribution in [-0.4, -0.2) is 15.9 Å². The summed E-state index contributed by atoms with van der Waals surface area (Å²) in [5, 5.41) is 0. The van der Waals surface area contributed by atoms with Crippen molar-refractivity contribution in [2.24, 2.45) is 0 Å². The molecule has 0 aliphatic heterocycles. The minimum atomic E-state index is -4.43. The van der Waals surface area contributed by atoms with Crippen LogP contribution in [0.4, 0.5) is 13.2 Å². The summed E-state index contributed by atoms with van der Waals surface area (Å²) in [5.41, 5.74) is 0.234. The van der Waals surface area contributed by atoms with Gasteiger partial charge in [0.15, 0.2) is 0 Å². The second-order valence-corrected chi connectivity index (χ2v) is 4.51. The smallest absolute Gasteiger partial charge is 0.416 e. The van der Waals surface area contributed by atoms with Crippen LogP contribution in [-0.2, 0) is 23.9 Å². The average Bonchev–Trinajstić information content (AvgIpc) is 2.52. The van der Waals surface area contributed by atoms with Crippen LogP contribution in [0.15, 0.2) is 36.8 Å². The van der Waals surface area contributed by atoms with Gasteiger partial charge in [0.25, 0.3) is 0 Å². The molecule has 1 aromatic carbocycles. The molecule has 0 unspecified atom stereocenters. The number of rotatable bonds is 4. The van der Waals surface area contributed by atoms with Crippen molar-refractivity contribution in [2.45, 2.75) is 26.1 Å². The zero-order valence-corrected chi connectivity index (χ0v) is 11.7. The Morgan fingerprint density at radius 3 is 2.77 bits per heavy atom. The van der Waals surface area contributed by atoms with Crippen molar-refractivity contribution in [3.05, 3.63) is 59.2 Å². The largest absolute Gasteiger partial charge is 0.457 e. The minimum absolute atomic E-state index is 0.219. The molecule has 1 heterocycles. The van der Waals surface area contributed by atoms with Crippen molar-refractivity contribution in [1.29, 1.82) is 0 Å². The minimum Gasteiger partial charge on any atom is -0.457 e. The lowest BCUT2D eigenvalue weighted by Gasteiger charge is -2.10. The molecule has 0 atom stereocenters. The average molecular weight is 310 g/mol. The van der Waals surface area contributed by atoms with Crippen LogP contribution in [0.3, 0.4) is 0 Å². The van der Waals surface area contributed by atoms with E-state index in [-0.39, 0.29) is 17.7 Å². The summed E-state index contributed by atoms with van der Waals surface area (Å²) >= 11 is 0. The van der Waals surface area contributed by atoms with Crippen LogP contribution >= 0.6 is 0 Å². The van der Waals surface area contributed by atoms with Gasteiger partial charge in [0.1, 0.15) is 12.9 Å². The summed E-state index contributed by atoms with van der Waals surface area (Å²) in [5.74, 6) is -0.658. The van der Waals surface area contributed by atoms with E-state index in [4.69, 9.17) is 4.74 Å². The second kappa shape index (κ2) is 6.55. The highest BCUT2D eigenvalue weighted by Crippen LogP contribution is 2.29. The first kappa shape index (κ1) is 15.9. The fraction of sp³-hybridized carbons (Fsp3) is 0.267. The first-order valence-corrected chi connectivity index (χ1v) is 6.54. The Bertz CT molecular complexity index is 672. The van der Waals surface area contributed by atoms with E-state index in [1.54, 1.807) is 0 Å². The number of aromatic nitrogens is 2. The van der Waals surface area contributed by atoms with Crippen LogP contribution in [0.5, 0.6) is 0 Å². The highest BCUT2D eigenvalue weighted by atomic mass is 19.4. The van der Waals surface area contributed by atoms with Gasteiger partial charge in [-0.2, -0.15) is 13.2 Å². The van der Waals surface area contributed by atoms with Gasteiger partial charge in [0.2, 0.25) is 0 Å². The fourth-order valence-electron chi connectivity index (χ4n) is 1.87. The van der Waals surface area contributed by atoms with E-state index in [9.17, 15) is 18.0 Å². The predicted octanol–water partition coefficient (Wildman–Crippen LogP) is 3.41. The van der Waals surface area contributed by atoms with Gasteiger partial charge in [0.05, 0.1) is 16.8 Å². The number of carbonyl (C=O) groups excluding carboxylic acids is 1. The monoisotopic (exact) mass is 310 g/mol. The SMILES string of the molecule is CCc1ncncc1C(=O)OCc1cccc(C(F)(F)F)c1. The van der Waals surface area contributed by atoms with E-state index in [0.29, 0.717) is 12.1 Å². The molecule has 0 aliphatic rings. The predicted molar refractivity (Wildman–Crippen MR) is 72.0 cm³/mol. The normalized spacial score (nSPS) is 11.3. The number of carbonyl (C=O) groups is 1. The van der Waals surface area contributed by atoms with Gasteiger partial charge in [-0.3, -0.25) is 0 Å². The summed E-state index contributed by atoms with van der Waals surface area (Å²) in [6.45, 7) is 1.58. The molecule has 7 heteroatoms. The molecule has 0 saturated heterocycles. The number of hydrogen-bond donors (Lipinski definition) is 0. The molecular formula is C15H13F3N2O2. The summed E-state index contributed by atoms with van der Waals surface area (Å²) < 4.78 is 42.9. The standard InChI is InChI=1S/C15H13F3N2O2/c1-2-13-12(7-19-9-20-13)14(21)22-8-10-4-3-5-11(6-10)15(16,17)18/h3-7,9H,2,8H2,1H3. The quantitative estimate of drug-likeness (QED) is 0.812. The number of alkyl halides is 3. The first-order chi connectivity index (χ1) is 10.4. The molecule has 116 valence electrons. The van der Waals surface area contributed by atoms with Crippen molar-refractivity contribution in [3.63, 3.8) is 0 Å². The van der Waals surface area contributed by atoms with E-state index in [0.717, 1.165) is 12.1 Å². The maximum atomic E-state index is 12.6. The summed E-state index contributed by atoms with van der Waals surface area (Å²) in [7, 11) is 0. The van der Waals surface area contributed by atoms with Gasteiger partial charge in [-0.05, 0) is 24.1 Å². The molecule has 0 fully saturated rings. The fourth-order valence-corrected chi connectivity index (χ4v) is 1.87. The molecule has 2 rings (SSSR count). The highest BCUT2D eigenvalue weighted by molar-refractivity contribution is 5.90. The van der Waals surface area contributed by atoms with Crippen molar-refractivity contribution in [1.82, 2.24) is 9.97 Å². The lowest BCUT2D eigenvalue weighted by atomic mass is 10.1. The number of halogens is 3. The molecule has 22 heavy (non-hydrogen) atoms. The number of benzene rings is 1. The van der Waals surface area contributed by atoms with Gasteiger partial charge >= 0.3 is 12.1 Å². The van der Waals surface area contributed by atoms with E-state index >= 15 is 0 Å². The van der Waals surface area contributed by atoms with E-state index < -0.39 is 17.7 Å². The van der Waals surface area contributed by atoms with E-state index in [1.165, 1.54) is 24.7 Å². The lowest BCUT2D eigenvalue weighted by Crippen LogP contribution is -2.11. The number of hydrogen-bond acceptors (Lipinski definition) is 4. The Labute approximate surface area is 125 Å². The highest BCUT2D eigenvalue weighted by Gasteiger charge is 2.30. The van der Waals surface area contributed by atoms with Crippen molar-refractivity contribution in [3.8, 4) is 0 Å². The third-order valence-corrected chi connectivity index (χ3v) is 2.97. The van der Waals surface area contributed by atoms with Crippen LogP contribution in [0.1, 0.15) is 34.1 Å². The molecule has 0 N–H and O–H groups in total. The van der Waals surface area contributed by atoms with Crippen molar-refractivity contribution >= 4 is 5.97 Å². The van der Waals surface area contributed by atoms with E-state index in [1.807, 2.05) is 6.92 Å². The van der Waals surface area contributed by atoms with Gasteiger partial charge in [-0.25, -0.2) is 14.8 Å². The Balaban J connectivity index is 2.08. The third kappa shape index (κ3) is 3.81. The maximum absolute atomic E-state index is 12.6. The van der Waals surface area contributed by atoms with Crippen LogP contribution < -0.4 is 0 Å². The molecular weight excluding hydrogens is 297 g/mol. The lowest BCUT2D eigenvalue weighted by molar-refractivity contribution is -0.137. The van der Waals surface area contributed by atoms with Crippen LogP contribution in [0.25, 0.3) is 0 Å². The molecule has 1 aromatic heterocycles. The van der Waals surface area contributed by atoms with Gasteiger partial charge < -0.3 is 4.74 Å². The number of aryl methyl sites for hydroxylation is 1. The van der Waals surface area contributed by atoms with Crippen LogP contribution in [0.2, 0.25) is 0 Å². The summed E-state index contributed by atoms with van der Waals surface area (Å²) in [6.07, 6.45) is -1.25. The maximum Gasteiger partial charge on any atom is 0.416 e. The summed E-state index contributed by atoms with van der Waals surface area (Å²) in [6, 6.07) is 4.65. The molecule has 2 aromatic rings. The molecule has 4 nitrogen and oxygen atoms in total. The Morgan fingerprint density at radius 2 is 2.09 bits per heavy atom. The van der Waals surface area contributed by atoms with Crippen molar-refractivity contribution < 1.29 is 22.7 Å². The summed E-state index contributed by atoms with van der Waals surface area (Å²) in [4.78, 5) is 19.7. The molecule has 0 aliphatic carbocycles. The van der Waals surface area contributed by atoms with Crippen molar-refractivity contribution in [2.75, 3.05) is 0 Å². The molecule has 0 radical (unpaired) electrons. The Kier molecular flexibility index (Phi) is 4.75. The topological polar surface area (TPSA) is 52.1 Å². The number of esters is 1. The Morgan fingerprint density at radius 1 is 1.32 bits per heavy atom. The number of ether oxygens (including phenoxy) is 1. The second-order valence-electron chi connectivity index (χ2n) is 4.51. The molecule has 0 spiro atoms. The van der Waals surface area contributed by atoms with Crippen LogP contribution in [0, 0.1) is 0 Å². The molecule has 0 amide bonds. The van der Waals surface area contributed by atoms with Gasteiger partial charge in [-0.1, -0.05) is 19.1 Å². The zero-order valence-electron chi connectivity index (χ0n) is 11.7. The molecule has 0 saturated carbocycles. The first-order valence-electron chi connectivity index (χ1n) is 6.54. The molecule has 0 bridgehead atoms. The zero-order chi connectivity index (χ0) is 16.2. The van der Waals surface area contributed by atoms with Gasteiger partial charge in [-0.15, -0.1) is 0 Å². The third-order valence-electron chi connectivity index (χ3n) is 2.97. The van der Waals surface area contributed by atoms with E-state index in [2.05, 4.69) is 9.97 Å².